The third-order valence-corrected chi connectivity index (χ3v) is 3.77. The van der Waals surface area contributed by atoms with Crippen molar-refractivity contribution in [2.75, 3.05) is 6.54 Å². The van der Waals surface area contributed by atoms with Crippen molar-refractivity contribution >= 4 is 15.9 Å². The van der Waals surface area contributed by atoms with E-state index < -0.39 is 0 Å². The summed E-state index contributed by atoms with van der Waals surface area (Å²) in [5.41, 5.74) is 9.18. The summed E-state index contributed by atoms with van der Waals surface area (Å²) in [5, 5.41) is 0. The maximum Gasteiger partial charge on any atom is 0.136 e. The van der Waals surface area contributed by atoms with Gasteiger partial charge in [0.15, 0.2) is 0 Å². The van der Waals surface area contributed by atoms with Crippen molar-refractivity contribution in [3.05, 3.63) is 63.6 Å². The van der Waals surface area contributed by atoms with Gasteiger partial charge < -0.3 is 10.5 Å². The fourth-order valence-electron chi connectivity index (χ4n) is 2.17. The van der Waals surface area contributed by atoms with Crippen LogP contribution in [-0.4, -0.2) is 6.54 Å². The van der Waals surface area contributed by atoms with Crippen molar-refractivity contribution in [1.29, 1.82) is 0 Å². The van der Waals surface area contributed by atoms with Crippen LogP contribution in [-0.2, 0) is 13.0 Å². The lowest BCUT2D eigenvalue weighted by molar-refractivity contribution is 0.302. The Kier molecular flexibility index (Phi) is 5.62. The van der Waals surface area contributed by atoms with Gasteiger partial charge in [-0.2, -0.15) is 0 Å². The summed E-state index contributed by atoms with van der Waals surface area (Å²) in [5.74, 6) is 0.922. The predicted octanol–water partition coefficient (Wildman–Crippen LogP) is 4.23. The molecule has 0 saturated carbocycles. The van der Waals surface area contributed by atoms with Gasteiger partial charge in [-0.05, 0) is 65.0 Å². The van der Waals surface area contributed by atoms with Gasteiger partial charge in [0.25, 0.3) is 0 Å². The normalized spacial score (nSPS) is 10.6. The van der Waals surface area contributed by atoms with Crippen LogP contribution in [0.25, 0.3) is 0 Å². The molecule has 0 aliphatic heterocycles. The van der Waals surface area contributed by atoms with Gasteiger partial charge in [0.2, 0.25) is 0 Å². The molecule has 20 heavy (non-hydrogen) atoms. The summed E-state index contributed by atoms with van der Waals surface area (Å²) in [6, 6.07) is 14.5. The summed E-state index contributed by atoms with van der Waals surface area (Å²) >= 11 is 3.61. The second-order valence-corrected chi connectivity index (χ2v) is 5.74. The molecule has 106 valence electrons. The van der Waals surface area contributed by atoms with Crippen LogP contribution < -0.4 is 10.5 Å². The molecule has 2 aromatic carbocycles. The maximum atomic E-state index is 5.94. The number of aryl methyl sites for hydroxylation is 2. The highest BCUT2D eigenvalue weighted by molar-refractivity contribution is 9.10. The molecule has 0 fully saturated rings. The highest BCUT2D eigenvalue weighted by atomic mass is 79.9. The first-order valence-corrected chi connectivity index (χ1v) is 7.66. The summed E-state index contributed by atoms with van der Waals surface area (Å²) in [7, 11) is 0. The Labute approximate surface area is 129 Å². The minimum Gasteiger partial charge on any atom is -0.487 e. The van der Waals surface area contributed by atoms with E-state index in [0.29, 0.717) is 6.61 Å². The molecular formula is C17H20BrNO. The van der Waals surface area contributed by atoms with E-state index in [-0.39, 0.29) is 0 Å². The van der Waals surface area contributed by atoms with Crippen LogP contribution in [0, 0.1) is 6.92 Å². The molecule has 0 aliphatic rings. The molecule has 2 N–H and O–H groups in total. The highest BCUT2D eigenvalue weighted by Crippen LogP contribution is 2.31. The third kappa shape index (κ3) is 4.09. The molecule has 0 saturated heterocycles. The van der Waals surface area contributed by atoms with E-state index in [4.69, 9.17) is 10.5 Å². The lowest BCUT2D eigenvalue weighted by atomic mass is 10.1. The van der Waals surface area contributed by atoms with Gasteiger partial charge in [-0.3, -0.25) is 0 Å². The van der Waals surface area contributed by atoms with E-state index in [1.807, 2.05) is 18.2 Å². The molecule has 2 aromatic rings. The van der Waals surface area contributed by atoms with Crippen molar-refractivity contribution in [1.82, 2.24) is 0 Å². The van der Waals surface area contributed by atoms with E-state index in [0.717, 1.165) is 35.2 Å². The lowest BCUT2D eigenvalue weighted by Crippen LogP contribution is -2.02. The molecule has 0 spiro atoms. The molecule has 2 rings (SSSR count). The van der Waals surface area contributed by atoms with Gasteiger partial charge in [0, 0.05) is 0 Å². The SMILES string of the molecule is Cc1cc(CCCN)cc(Br)c1OCc1ccccc1. The Morgan fingerprint density at radius 1 is 1.10 bits per heavy atom. The van der Waals surface area contributed by atoms with Crippen molar-refractivity contribution in [3.8, 4) is 5.75 Å². The molecule has 3 heteroatoms. The van der Waals surface area contributed by atoms with Gasteiger partial charge in [-0.15, -0.1) is 0 Å². The van der Waals surface area contributed by atoms with Crippen LogP contribution in [0.2, 0.25) is 0 Å². The summed E-state index contributed by atoms with van der Waals surface area (Å²) in [6.07, 6.45) is 2.02. The van der Waals surface area contributed by atoms with Crippen molar-refractivity contribution in [2.24, 2.45) is 5.73 Å². The summed E-state index contributed by atoms with van der Waals surface area (Å²) in [6.45, 7) is 3.39. The number of nitrogens with two attached hydrogens (primary N) is 1. The Morgan fingerprint density at radius 2 is 1.85 bits per heavy atom. The molecular weight excluding hydrogens is 314 g/mol. The molecule has 2 nitrogen and oxygen atoms in total. The Bertz CT molecular complexity index is 531. The molecule has 0 radical (unpaired) electrons. The van der Waals surface area contributed by atoms with Crippen LogP contribution in [0.1, 0.15) is 23.1 Å². The monoisotopic (exact) mass is 333 g/mol. The fourth-order valence-corrected chi connectivity index (χ4v) is 2.89. The maximum absolute atomic E-state index is 5.94. The standard InChI is InChI=1S/C17H20BrNO/c1-13-10-15(8-5-9-19)11-16(18)17(13)20-12-14-6-3-2-4-7-14/h2-4,6-7,10-11H,5,8-9,12,19H2,1H3. The minimum absolute atomic E-state index is 0.586. The molecule has 0 aromatic heterocycles. The van der Waals surface area contributed by atoms with E-state index in [9.17, 15) is 0 Å². The van der Waals surface area contributed by atoms with Crippen LogP contribution in [0.3, 0.4) is 0 Å². The van der Waals surface area contributed by atoms with Gasteiger partial charge >= 0.3 is 0 Å². The summed E-state index contributed by atoms with van der Waals surface area (Å²) in [4.78, 5) is 0. The van der Waals surface area contributed by atoms with Crippen LogP contribution in [0.15, 0.2) is 46.9 Å². The number of rotatable bonds is 6. The quantitative estimate of drug-likeness (QED) is 0.858. The van der Waals surface area contributed by atoms with Gasteiger partial charge in [0.1, 0.15) is 12.4 Å². The van der Waals surface area contributed by atoms with Crippen LogP contribution in [0.4, 0.5) is 0 Å². The molecule has 0 aliphatic carbocycles. The van der Waals surface area contributed by atoms with E-state index in [1.165, 1.54) is 11.1 Å². The zero-order chi connectivity index (χ0) is 14.4. The number of benzene rings is 2. The molecule has 0 heterocycles. The largest absolute Gasteiger partial charge is 0.487 e. The van der Waals surface area contributed by atoms with Gasteiger partial charge in [-0.1, -0.05) is 36.4 Å². The molecule has 0 bridgehead atoms. The van der Waals surface area contributed by atoms with Crippen LogP contribution in [0.5, 0.6) is 5.75 Å². The van der Waals surface area contributed by atoms with E-state index in [1.54, 1.807) is 0 Å². The number of hydrogen-bond donors (Lipinski definition) is 1. The lowest BCUT2D eigenvalue weighted by Gasteiger charge is -2.13. The zero-order valence-corrected chi connectivity index (χ0v) is 13.3. The second-order valence-electron chi connectivity index (χ2n) is 4.89. The topological polar surface area (TPSA) is 35.2 Å². The predicted molar refractivity (Wildman–Crippen MR) is 87.0 cm³/mol. The zero-order valence-electron chi connectivity index (χ0n) is 11.7. The molecule has 0 unspecified atom stereocenters. The van der Waals surface area contributed by atoms with Gasteiger partial charge in [0.05, 0.1) is 4.47 Å². The molecule has 0 atom stereocenters. The number of halogens is 1. The van der Waals surface area contributed by atoms with Gasteiger partial charge in [-0.25, -0.2) is 0 Å². The minimum atomic E-state index is 0.586. The van der Waals surface area contributed by atoms with E-state index >= 15 is 0 Å². The first-order valence-electron chi connectivity index (χ1n) is 6.86. The first-order chi connectivity index (χ1) is 9.70. The Hall–Kier alpha value is -1.32. The average Bonchev–Trinajstić information content (AvgIpc) is 2.45. The average molecular weight is 334 g/mol. The third-order valence-electron chi connectivity index (χ3n) is 3.18. The number of hydrogen-bond acceptors (Lipinski definition) is 2. The Balaban J connectivity index is 2.08. The first kappa shape index (κ1) is 15.1. The van der Waals surface area contributed by atoms with E-state index in [2.05, 4.69) is 47.1 Å². The van der Waals surface area contributed by atoms with Crippen molar-refractivity contribution in [3.63, 3.8) is 0 Å². The summed E-state index contributed by atoms with van der Waals surface area (Å²) < 4.78 is 6.96. The fraction of sp³-hybridized carbons (Fsp3) is 0.294. The number of ether oxygens (including phenoxy) is 1. The smallest absolute Gasteiger partial charge is 0.136 e. The van der Waals surface area contributed by atoms with Crippen LogP contribution >= 0.6 is 15.9 Å². The van der Waals surface area contributed by atoms with Crippen molar-refractivity contribution < 1.29 is 4.74 Å². The molecule has 0 amide bonds. The Morgan fingerprint density at radius 3 is 2.50 bits per heavy atom. The van der Waals surface area contributed by atoms with Crippen molar-refractivity contribution in [2.45, 2.75) is 26.4 Å². The second kappa shape index (κ2) is 7.46. The highest BCUT2D eigenvalue weighted by Gasteiger charge is 2.08.